The Morgan fingerprint density at radius 1 is 1.44 bits per heavy atom. The zero-order valence-electron chi connectivity index (χ0n) is 9.60. The standard InChI is InChI=1S/C12H14N2OS/c1-12(2,3)16(15)14-9-11-6-4-5-10(7-11)8-13/h4-7,9H,1-3H3/b14-9+/t16-/m0/s1. The van der Waals surface area contributed by atoms with Crippen molar-refractivity contribution in [1.29, 1.82) is 5.26 Å². The molecule has 0 aromatic heterocycles. The SMILES string of the molecule is CC(C)(C)[S@](=O)/N=C/c1cccc(C#N)c1. The predicted octanol–water partition coefficient (Wildman–Crippen LogP) is 2.44. The minimum Gasteiger partial charge on any atom is -0.234 e. The summed E-state index contributed by atoms with van der Waals surface area (Å²) in [6, 6.07) is 9.08. The van der Waals surface area contributed by atoms with Gasteiger partial charge < -0.3 is 0 Å². The first kappa shape index (κ1) is 12.6. The molecule has 0 saturated carbocycles. The highest BCUT2D eigenvalue weighted by atomic mass is 32.2. The van der Waals surface area contributed by atoms with Gasteiger partial charge in [0.2, 0.25) is 0 Å². The van der Waals surface area contributed by atoms with Gasteiger partial charge in [-0.1, -0.05) is 12.1 Å². The Balaban J connectivity index is 2.85. The summed E-state index contributed by atoms with van der Waals surface area (Å²) in [6.45, 7) is 5.60. The van der Waals surface area contributed by atoms with Gasteiger partial charge in [0, 0.05) is 6.21 Å². The van der Waals surface area contributed by atoms with Gasteiger partial charge in [-0.3, -0.25) is 0 Å². The van der Waals surface area contributed by atoms with Crippen molar-refractivity contribution < 1.29 is 4.21 Å². The largest absolute Gasteiger partial charge is 0.234 e. The molecule has 0 spiro atoms. The molecule has 0 N–H and O–H groups in total. The van der Waals surface area contributed by atoms with E-state index in [1.54, 1.807) is 24.4 Å². The maximum Gasteiger partial charge on any atom is 0.144 e. The molecule has 1 aromatic carbocycles. The Morgan fingerprint density at radius 3 is 2.69 bits per heavy atom. The van der Waals surface area contributed by atoms with E-state index in [9.17, 15) is 4.21 Å². The van der Waals surface area contributed by atoms with Crippen LogP contribution in [-0.4, -0.2) is 15.2 Å². The van der Waals surface area contributed by atoms with Crippen molar-refractivity contribution in [3.8, 4) is 6.07 Å². The molecule has 0 aliphatic carbocycles. The smallest absolute Gasteiger partial charge is 0.144 e. The van der Waals surface area contributed by atoms with Crippen LogP contribution in [0.25, 0.3) is 0 Å². The fourth-order valence-corrected chi connectivity index (χ4v) is 1.49. The zero-order valence-corrected chi connectivity index (χ0v) is 10.4. The molecule has 84 valence electrons. The molecule has 0 fully saturated rings. The monoisotopic (exact) mass is 234 g/mol. The van der Waals surface area contributed by atoms with E-state index in [2.05, 4.69) is 4.40 Å². The second-order valence-electron chi connectivity index (χ2n) is 4.33. The molecular weight excluding hydrogens is 220 g/mol. The molecule has 0 radical (unpaired) electrons. The van der Waals surface area contributed by atoms with Crippen LogP contribution >= 0.6 is 0 Å². The molecule has 1 rings (SSSR count). The summed E-state index contributed by atoms with van der Waals surface area (Å²) in [6.07, 6.45) is 1.54. The van der Waals surface area contributed by atoms with Crippen LogP contribution in [0.3, 0.4) is 0 Å². The number of rotatable bonds is 2. The maximum absolute atomic E-state index is 11.6. The van der Waals surface area contributed by atoms with Crippen molar-refractivity contribution in [2.45, 2.75) is 25.5 Å². The van der Waals surface area contributed by atoms with Gasteiger partial charge in [-0.15, -0.1) is 0 Å². The second-order valence-corrected chi connectivity index (χ2v) is 6.27. The molecule has 1 atom stereocenters. The van der Waals surface area contributed by atoms with Gasteiger partial charge in [0.15, 0.2) is 0 Å². The molecule has 0 aliphatic rings. The first-order chi connectivity index (χ1) is 7.43. The molecule has 0 amide bonds. The average Bonchev–Trinajstić information content (AvgIpc) is 2.25. The number of hydrogen-bond donors (Lipinski definition) is 0. The van der Waals surface area contributed by atoms with Crippen molar-refractivity contribution in [3.05, 3.63) is 35.4 Å². The topological polar surface area (TPSA) is 53.2 Å². The zero-order chi connectivity index (χ0) is 12.2. The Labute approximate surface area is 98.4 Å². The molecule has 3 nitrogen and oxygen atoms in total. The summed E-state index contributed by atoms with van der Waals surface area (Å²) in [4.78, 5) is 0. The lowest BCUT2D eigenvalue weighted by Gasteiger charge is -2.12. The van der Waals surface area contributed by atoms with E-state index in [1.807, 2.05) is 32.9 Å². The van der Waals surface area contributed by atoms with Crippen LogP contribution in [0.2, 0.25) is 0 Å². The summed E-state index contributed by atoms with van der Waals surface area (Å²) < 4.78 is 15.3. The minimum absolute atomic E-state index is 0.358. The molecule has 0 aliphatic heterocycles. The average molecular weight is 234 g/mol. The number of hydrogen-bond acceptors (Lipinski definition) is 2. The van der Waals surface area contributed by atoms with E-state index in [1.165, 1.54) is 0 Å². The fourth-order valence-electron chi connectivity index (χ4n) is 0.955. The third-order valence-electron chi connectivity index (χ3n) is 1.84. The summed E-state index contributed by atoms with van der Waals surface area (Å²) in [5.74, 6) is 0. The van der Waals surface area contributed by atoms with Gasteiger partial charge in [0.1, 0.15) is 11.0 Å². The molecule has 0 saturated heterocycles. The van der Waals surface area contributed by atoms with Gasteiger partial charge in [0.25, 0.3) is 0 Å². The lowest BCUT2D eigenvalue weighted by Crippen LogP contribution is -2.19. The van der Waals surface area contributed by atoms with Crippen LogP contribution in [0.5, 0.6) is 0 Å². The quantitative estimate of drug-likeness (QED) is 0.738. The molecule has 16 heavy (non-hydrogen) atoms. The third kappa shape index (κ3) is 3.59. The fraction of sp³-hybridized carbons (Fsp3) is 0.333. The molecule has 4 heteroatoms. The molecule has 1 aromatic rings. The van der Waals surface area contributed by atoms with Crippen LogP contribution in [0.1, 0.15) is 31.9 Å². The second kappa shape index (κ2) is 5.04. The van der Waals surface area contributed by atoms with Crippen LogP contribution in [0.15, 0.2) is 28.7 Å². The highest BCUT2D eigenvalue weighted by Crippen LogP contribution is 2.12. The number of nitriles is 1. The lowest BCUT2D eigenvalue weighted by atomic mass is 10.1. The normalized spacial score (nSPS) is 13.6. The van der Waals surface area contributed by atoms with Gasteiger partial charge >= 0.3 is 0 Å². The first-order valence-corrected chi connectivity index (χ1v) is 6.00. The minimum atomic E-state index is -1.26. The van der Waals surface area contributed by atoms with E-state index in [0.29, 0.717) is 5.56 Å². The third-order valence-corrected chi connectivity index (χ3v) is 3.18. The van der Waals surface area contributed by atoms with Crippen molar-refractivity contribution in [1.82, 2.24) is 0 Å². The lowest BCUT2D eigenvalue weighted by molar-refractivity contribution is 0.651. The van der Waals surface area contributed by atoms with E-state index in [-0.39, 0.29) is 4.75 Å². The number of nitrogens with zero attached hydrogens (tertiary/aromatic N) is 2. The maximum atomic E-state index is 11.6. The molecule has 0 unspecified atom stereocenters. The van der Waals surface area contributed by atoms with Gasteiger partial charge in [-0.2, -0.15) is 9.66 Å². The molecule has 0 bridgehead atoms. The predicted molar refractivity (Wildman–Crippen MR) is 66.6 cm³/mol. The summed E-state index contributed by atoms with van der Waals surface area (Å²) in [7, 11) is -1.26. The van der Waals surface area contributed by atoms with E-state index in [0.717, 1.165) is 5.56 Å². The Kier molecular flexibility index (Phi) is 3.97. The van der Waals surface area contributed by atoms with Gasteiger partial charge in [0.05, 0.1) is 16.4 Å². The highest BCUT2D eigenvalue weighted by Gasteiger charge is 2.17. The van der Waals surface area contributed by atoms with Crippen molar-refractivity contribution in [3.63, 3.8) is 0 Å². The van der Waals surface area contributed by atoms with E-state index >= 15 is 0 Å². The summed E-state index contributed by atoms with van der Waals surface area (Å²) in [5, 5.41) is 8.71. The Hall–Kier alpha value is -1.47. The molecular formula is C12H14N2OS. The van der Waals surface area contributed by atoms with Gasteiger partial charge in [-0.25, -0.2) is 4.21 Å². The summed E-state index contributed by atoms with van der Waals surface area (Å²) in [5.41, 5.74) is 1.36. The van der Waals surface area contributed by atoms with E-state index < -0.39 is 11.0 Å². The highest BCUT2D eigenvalue weighted by molar-refractivity contribution is 7.85. The van der Waals surface area contributed by atoms with E-state index in [4.69, 9.17) is 5.26 Å². The van der Waals surface area contributed by atoms with Crippen molar-refractivity contribution in [2.24, 2.45) is 4.40 Å². The van der Waals surface area contributed by atoms with Crippen LogP contribution in [0, 0.1) is 11.3 Å². The first-order valence-electron chi connectivity index (χ1n) is 4.90. The van der Waals surface area contributed by atoms with Crippen molar-refractivity contribution >= 4 is 17.2 Å². The van der Waals surface area contributed by atoms with Crippen LogP contribution in [-0.2, 0) is 11.0 Å². The van der Waals surface area contributed by atoms with Crippen LogP contribution < -0.4 is 0 Å². The van der Waals surface area contributed by atoms with Crippen molar-refractivity contribution in [2.75, 3.05) is 0 Å². The van der Waals surface area contributed by atoms with Crippen LogP contribution in [0.4, 0.5) is 0 Å². The Bertz CT molecular complexity index is 467. The summed E-state index contributed by atoms with van der Waals surface area (Å²) >= 11 is 0. The molecule has 0 heterocycles. The number of benzene rings is 1. The Morgan fingerprint density at radius 2 is 2.12 bits per heavy atom. The van der Waals surface area contributed by atoms with Gasteiger partial charge in [-0.05, 0) is 38.5 Å².